The molecule has 2 aliphatic rings. The van der Waals surface area contributed by atoms with Crippen LogP contribution in [-0.2, 0) is 9.53 Å². The van der Waals surface area contributed by atoms with Gasteiger partial charge in [0.2, 0.25) is 0 Å². The van der Waals surface area contributed by atoms with E-state index in [-0.39, 0.29) is 6.10 Å². The highest BCUT2D eigenvalue weighted by Gasteiger charge is 2.30. The molecule has 19 heavy (non-hydrogen) atoms. The van der Waals surface area contributed by atoms with E-state index >= 15 is 0 Å². The molecule has 0 aromatic carbocycles. The Balaban J connectivity index is 1.59. The molecular weight excluding hydrogens is 244 g/mol. The Bertz CT molecular complexity index is 309. The molecule has 0 amide bonds. The van der Waals surface area contributed by atoms with Crippen molar-refractivity contribution in [1.82, 2.24) is 10.2 Å². The van der Waals surface area contributed by atoms with Gasteiger partial charge in [0.1, 0.15) is 0 Å². The second kappa shape index (κ2) is 6.68. The van der Waals surface area contributed by atoms with Crippen molar-refractivity contribution in [2.24, 2.45) is 5.92 Å². The van der Waals surface area contributed by atoms with Crippen molar-refractivity contribution < 1.29 is 14.6 Å². The van der Waals surface area contributed by atoms with Crippen LogP contribution in [0.1, 0.15) is 33.1 Å². The van der Waals surface area contributed by atoms with Crippen LogP contribution in [0.25, 0.3) is 0 Å². The van der Waals surface area contributed by atoms with Crippen LogP contribution in [0.4, 0.5) is 0 Å². The zero-order chi connectivity index (χ0) is 13.8. The van der Waals surface area contributed by atoms with Crippen LogP contribution in [0.3, 0.4) is 0 Å². The molecule has 5 heteroatoms. The first kappa shape index (κ1) is 14.8. The minimum absolute atomic E-state index is 0.0729. The predicted molar refractivity (Wildman–Crippen MR) is 73.2 cm³/mol. The standard InChI is InChI=1S/C14H26N2O3/c1-10(2)16-6-5-11(9-16)7-15-8-12-3-4-13(19-12)14(17)18/h10-13,15H,3-9H2,1-2H3,(H,17,18). The van der Waals surface area contributed by atoms with Gasteiger partial charge < -0.3 is 20.1 Å². The number of nitrogens with one attached hydrogen (secondary N) is 1. The summed E-state index contributed by atoms with van der Waals surface area (Å²) >= 11 is 0. The van der Waals surface area contributed by atoms with Gasteiger partial charge in [-0.25, -0.2) is 4.79 Å². The summed E-state index contributed by atoms with van der Waals surface area (Å²) in [5, 5.41) is 12.3. The average Bonchev–Trinajstić information content (AvgIpc) is 2.97. The fraction of sp³-hybridized carbons (Fsp3) is 0.929. The molecule has 2 fully saturated rings. The number of ether oxygens (including phenoxy) is 1. The maximum Gasteiger partial charge on any atom is 0.332 e. The van der Waals surface area contributed by atoms with Crippen LogP contribution in [-0.4, -0.2) is 60.4 Å². The summed E-state index contributed by atoms with van der Waals surface area (Å²) in [6.07, 6.45) is 2.24. The maximum absolute atomic E-state index is 10.8. The van der Waals surface area contributed by atoms with E-state index in [2.05, 4.69) is 24.1 Å². The Morgan fingerprint density at radius 3 is 2.74 bits per heavy atom. The molecule has 0 spiro atoms. The van der Waals surface area contributed by atoms with E-state index in [1.807, 2.05) is 0 Å². The molecule has 3 unspecified atom stereocenters. The van der Waals surface area contributed by atoms with E-state index in [0.29, 0.717) is 12.5 Å². The van der Waals surface area contributed by atoms with Gasteiger partial charge in [0.05, 0.1) is 6.10 Å². The molecule has 2 rings (SSSR count). The number of carbonyl (C=O) groups is 1. The second-order valence-corrected chi connectivity index (χ2v) is 6.06. The lowest BCUT2D eigenvalue weighted by Crippen LogP contribution is -2.34. The summed E-state index contributed by atoms with van der Waals surface area (Å²) in [7, 11) is 0. The quantitative estimate of drug-likeness (QED) is 0.752. The topological polar surface area (TPSA) is 61.8 Å². The van der Waals surface area contributed by atoms with Crippen molar-refractivity contribution in [3.63, 3.8) is 0 Å². The Labute approximate surface area is 115 Å². The summed E-state index contributed by atoms with van der Waals surface area (Å²) in [6.45, 7) is 8.66. The van der Waals surface area contributed by atoms with Crippen molar-refractivity contribution in [2.45, 2.75) is 51.4 Å². The molecule has 0 aromatic rings. The van der Waals surface area contributed by atoms with Crippen molar-refractivity contribution >= 4 is 5.97 Å². The van der Waals surface area contributed by atoms with Crippen LogP contribution in [0.2, 0.25) is 0 Å². The molecule has 0 bridgehead atoms. The highest BCUT2D eigenvalue weighted by Crippen LogP contribution is 2.20. The summed E-state index contributed by atoms with van der Waals surface area (Å²) in [5.74, 6) is -0.107. The van der Waals surface area contributed by atoms with Crippen LogP contribution in [0.15, 0.2) is 0 Å². The number of hydrogen-bond donors (Lipinski definition) is 2. The lowest BCUT2D eigenvalue weighted by atomic mass is 10.1. The molecule has 0 saturated carbocycles. The molecule has 0 aromatic heterocycles. The number of rotatable bonds is 6. The molecule has 2 N–H and O–H groups in total. The van der Waals surface area contributed by atoms with E-state index in [1.54, 1.807) is 0 Å². The first-order valence-corrected chi connectivity index (χ1v) is 7.39. The highest BCUT2D eigenvalue weighted by atomic mass is 16.5. The Morgan fingerprint density at radius 1 is 1.37 bits per heavy atom. The first-order valence-electron chi connectivity index (χ1n) is 7.39. The smallest absolute Gasteiger partial charge is 0.332 e. The summed E-state index contributed by atoms with van der Waals surface area (Å²) < 4.78 is 5.47. The minimum Gasteiger partial charge on any atom is -0.479 e. The zero-order valence-electron chi connectivity index (χ0n) is 12.0. The predicted octanol–water partition coefficient (Wildman–Crippen LogP) is 0.939. The third-order valence-electron chi connectivity index (χ3n) is 4.24. The molecule has 110 valence electrons. The third-order valence-corrected chi connectivity index (χ3v) is 4.24. The summed E-state index contributed by atoms with van der Waals surface area (Å²) in [4.78, 5) is 13.3. The Hall–Kier alpha value is -0.650. The van der Waals surface area contributed by atoms with Crippen LogP contribution in [0.5, 0.6) is 0 Å². The SMILES string of the molecule is CC(C)N1CCC(CNCC2CCC(C(=O)O)O2)C1. The van der Waals surface area contributed by atoms with Gasteiger partial charge in [0, 0.05) is 19.1 Å². The highest BCUT2D eigenvalue weighted by molar-refractivity contribution is 5.72. The number of likely N-dealkylation sites (tertiary alicyclic amines) is 1. The molecule has 2 aliphatic heterocycles. The molecule has 0 radical (unpaired) electrons. The molecule has 2 saturated heterocycles. The number of carboxylic acid groups (broad SMARTS) is 1. The van der Waals surface area contributed by atoms with Crippen LogP contribution >= 0.6 is 0 Å². The lowest BCUT2D eigenvalue weighted by Gasteiger charge is -2.20. The molecule has 0 aliphatic carbocycles. The van der Waals surface area contributed by atoms with Gasteiger partial charge in [0.15, 0.2) is 6.10 Å². The number of nitrogens with zero attached hydrogens (tertiary/aromatic N) is 1. The fourth-order valence-corrected chi connectivity index (χ4v) is 2.98. The van der Waals surface area contributed by atoms with Gasteiger partial charge in [-0.2, -0.15) is 0 Å². The molecule has 2 heterocycles. The summed E-state index contributed by atoms with van der Waals surface area (Å²) in [5.41, 5.74) is 0. The molecular formula is C14H26N2O3. The van der Waals surface area contributed by atoms with E-state index in [0.717, 1.165) is 25.4 Å². The summed E-state index contributed by atoms with van der Waals surface area (Å²) in [6, 6.07) is 0.638. The number of hydrogen-bond acceptors (Lipinski definition) is 4. The lowest BCUT2D eigenvalue weighted by molar-refractivity contribution is -0.149. The largest absolute Gasteiger partial charge is 0.479 e. The van der Waals surface area contributed by atoms with Gasteiger partial charge in [0.25, 0.3) is 0 Å². The van der Waals surface area contributed by atoms with Crippen molar-refractivity contribution in [3.05, 3.63) is 0 Å². The van der Waals surface area contributed by atoms with Gasteiger partial charge >= 0.3 is 5.97 Å². The van der Waals surface area contributed by atoms with Crippen LogP contribution < -0.4 is 5.32 Å². The zero-order valence-corrected chi connectivity index (χ0v) is 12.0. The number of aliphatic carboxylic acids is 1. The fourth-order valence-electron chi connectivity index (χ4n) is 2.98. The average molecular weight is 270 g/mol. The first-order chi connectivity index (χ1) is 9.06. The van der Waals surface area contributed by atoms with Crippen molar-refractivity contribution in [2.75, 3.05) is 26.2 Å². The van der Waals surface area contributed by atoms with Gasteiger partial charge in [-0.05, 0) is 52.1 Å². The van der Waals surface area contributed by atoms with Gasteiger partial charge in [-0.1, -0.05) is 0 Å². The molecule has 3 atom stereocenters. The van der Waals surface area contributed by atoms with E-state index in [4.69, 9.17) is 9.84 Å². The molecule has 5 nitrogen and oxygen atoms in total. The van der Waals surface area contributed by atoms with Crippen molar-refractivity contribution in [3.8, 4) is 0 Å². The second-order valence-electron chi connectivity index (χ2n) is 6.06. The van der Waals surface area contributed by atoms with Gasteiger partial charge in [-0.3, -0.25) is 0 Å². The van der Waals surface area contributed by atoms with Gasteiger partial charge in [-0.15, -0.1) is 0 Å². The van der Waals surface area contributed by atoms with E-state index in [9.17, 15) is 4.79 Å². The van der Waals surface area contributed by atoms with Crippen LogP contribution in [0, 0.1) is 5.92 Å². The van der Waals surface area contributed by atoms with Crippen molar-refractivity contribution in [1.29, 1.82) is 0 Å². The van der Waals surface area contributed by atoms with E-state index < -0.39 is 12.1 Å². The van der Waals surface area contributed by atoms with E-state index in [1.165, 1.54) is 19.5 Å². The normalized spacial score (nSPS) is 32.3. The minimum atomic E-state index is -0.828. The number of carboxylic acids is 1. The Kier molecular flexibility index (Phi) is 5.19. The monoisotopic (exact) mass is 270 g/mol. The maximum atomic E-state index is 10.8. The Morgan fingerprint density at radius 2 is 2.16 bits per heavy atom. The third kappa shape index (κ3) is 4.16.